The van der Waals surface area contributed by atoms with Crippen LogP contribution in [0.2, 0.25) is 0 Å². The van der Waals surface area contributed by atoms with Crippen LogP contribution in [0.25, 0.3) is 0 Å². The number of nitrogens with one attached hydrogen (secondary N) is 2. The summed E-state index contributed by atoms with van der Waals surface area (Å²) in [6.45, 7) is 4.33. The van der Waals surface area contributed by atoms with Crippen molar-refractivity contribution in [1.82, 2.24) is 10.6 Å². The van der Waals surface area contributed by atoms with Crippen LogP contribution in [0.3, 0.4) is 0 Å². The maximum Gasteiger partial charge on any atom is 0.221 e. The molecule has 0 fully saturated rings. The number of rotatable bonds is 7. The molecule has 0 aliphatic heterocycles. The molecule has 6 heteroatoms. The Hall–Kier alpha value is -1.01. The molecule has 0 bridgehead atoms. The van der Waals surface area contributed by atoms with Gasteiger partial charge in [-0.2, -0.15) is 0 Å². The second-order valence-corrected chi connectivity index (χ2v) is 5.48. The minimum Gasteiger partial charge on any atom is -0.354 e. The van der Waals surface area contributed by atoms with Crippen molar-refractivity contribution in [2.75, 3.05) is 6.54 Å². The van der Waals surface area contributed by atoms with E-state index in [1.54, 1.807) is 0 Å². The summed E-state index contributed by atoms with van der Waals surface area (Å²) in [5, 5.41) is 5.70. The van der Waals surface area contributed by atoms with Gasteiger partial charge in [0.2, 0.25) is 5.91 Å². The van der Waals surface area contributed by atoms with Crippen molar-refractivity contribution < 1.29 is 13.6 Å². The van der Waals surface area contributed by atoms with Gasteiger partial charge < -0.3 is 10.6 Å². The minimum absolute atomic E-state index is 0.0262. The van der Waals surface area contributed by atoms with Crippen LogP contribution in [-0.4, -0.2) is 18.5 Å². The zero-order valence-electron chi connectivity index (χ0n) is 11.6. The summed E-state index contributed by atoms with van der Waals surface area (Å²) in [5.74, 6) is -1.27. The lowest BCUT2D eigenvalue weighted by molar-refractivity contribution is -0.121. The molecule has 0 aliphatic carbocycles. The molecule has 20 heavy (non-hydrogen) atoms. The lowest BCUT2D eigenvalue weighted by atomic mass is 10.2. The molecule has 0 saturated heterocycles. The Kier molecular flexibility index (Phi) is 7.09. The molecule has 1 aromatic rings. The van der Waals surface area contributed by atoms with E-state index in [1.807, 2.05) is 13.8 Å². The summed E-state index contributed by atoms with van der Waals surface area (Å²) in [5.41, 5.74) is -0.0262. The summed E-state index contributed by atoms with van der Waals surface area (Å²) >= 11 is 3.01. The topological polar surface area (TPSA) is 41.1 Å². The summed E-state index contributed by atoms with van der Waals surface area (Å²) in [7, 11) is 0. The summed E-state index contributed by atoms with van der Waals surface area (Å²) in [6, 6.07) is 2.68. The molecule has 0 saturated carbocycles. The van der Waals surface area contributed by atoms with Crippen LogP contribution in [0.5, 0.6) is 0 Å². The van der Waals surface area contributed by atoms with E-state index in [4.69, 9.17) is 0 Å². The molecule has 3 nitrogen and oxygen atoms in total. The molecule has 1 atom stereocenters. The number of carbonyl (C=O) groups excluding carboxylic acids is 1. The molecule has 0 aliphatic rings. The average Bonchev–Trinajstić information content (AvgIpc) is 2.42. The normalized spacial score (nSPS) is 12.2. The minimum atomic E-state index is -0.610. The van der Waals surface area contributed by atoms with Crippen molar-refractivity contribution in [1.29, 1.82) is 0 Å². The number of carbonyl (C=O) groups is 1. The number of hydrogen-bond donors (Lipinski definition) is 2. The standard InChI is InChI=1S/C14H19BrF2N2O/c1-3-9(2)19-13(20)6-7-18-8-10-12(16)5-4-11(15)14(10)17/h4-5,9,18H,3,6-8H2,1-2H3,(H,19,20). The smallest absolute Gasteiger partial charge is 0.221 e. The van der Waals surface area contributed by atoms with Gasteiger partial charge in [-0.1, -0.05) is 6.92 Å². The molecular formula is C14H19BrF2N2O. The van der Waals surface area contributed by atoms with Crippen molar-refractivity contribution in [2.45, 2.75) is 39.3 Å². The quantitative estimate of drug-likeness (QED) is 0.587. The van der Waals surface area contributed by atoms with Gasteiger partial charge in [-0.25, -0.2) is 8.78 Å². The predicted octanol–water partition coefficient (Wildman–Crippen LogP) is 3.12. The van der Waals surface area contributed by atoms with Crippen molar-refractivity contribution in [3.8, 4) is 0 Å². The highest BCUT2D eigenvalue weighted by Crippen LogP contribution is 2.21. The fourth-order valence-electron chi connectivity index (χ4n) is 1.60. The van der Waals surface area contributed by atoms with Crippen LogP contribution in [-0.2, 0) is 11.3 Å². The third-order valence-electron chi connectivity index (χ3n) is 2.99. The second kappa shape index (κ2) is 8.32. The van der Waals surface area contributed by atoms with Gasteiger partial charge in [-0.05, 0) is 41.4 Å². The van der Waals surface area contributed by atoms with Gasteiger partial charge in [0.15, 0.2) is 0 Å². The lowest BCUT2D eigenvalue weighted by Crippen LogP contribution is -2.34. The fraction of sp³-hybridized carbons (Fsp3) is 0.500. The number of hydrogen-bond acceptors (Lipinski definition) is 2. The summed E-state index contributed by atoms with van der Waals surface area (Å²) < 4.78 is 27.3. The highest BCUT2D eigenvalue weighted by molar-refractivity contribution is 9.10. The first kappa shape index (κ1) is 17.0. The third kappa shape index (κ3) is 5.17. The Labute approximate surface area is 126 Å². The maximum atomic E-state index is 13.7. The Morgan fingerprint density at radius 3 is 2.75 bits per heavy atom. The van der Waals surface area contributed by atoms with Crippen molar-refractivity contribution >= 4 is 21.8 Å². The van der Waals surface area contributed by atoms with E-state index < -0.39 is 11.6 Å². The van der Waals surface area contributed by atoms with Crippen molar-refractivity contribution in [2.24, 2.45) is 0 Å². The molecule has 0 spiro atoms. The Bertz CT molecular complexity index is 469. The molecule has 0 aromatic heterocycles. The van der Waals surface area contributed by atoms with E-state index in [9.17, 15) is 13.6 Å². The molecule has 1 amide bonds. The van der Waals surface area contributed by atoms with Crippen LogP contribution in [0.15, 0.2) is 16.6 Å². The Morgan fingerprint density at radius 1 is 1.40 bits per heavy atom. The number of benzene rings is 1. The van der Waals surface area contributed by atoms with E-state index in [0.717, 1.165) is 6.42 Å². The Morgan fingerprint density at radius 2 is 2.10 bits per heavy atom. The predicted molar refractivity (Wildman–Crippen MR) is 78.3 cm³/mol. The van der Waals surface area contributed by atoms with Gasteiger partial charge in [0, 0.05) is 31.1 Å². The maximum absolute atomic E-state index is 13.7. The van der Waals surface area contributed by atoms with Gasteiger partial charge in [0.25, 0.3) is 0 Å². The van der Waals surface area contributed by atoms with Crippen molar-refractivity contribution in [3.05, 3.63) is 33.8 Å². The van der Waals surface area contributed by atoms with Crippen LogP contribution in [0.4, 0.5) is 8.78 Å². The highest BCUT2D eigenvalue weighted by Gasteiger charge is 2.12. The molecule has 0 heterocycles. The van der Waals surface area contributed by atoms with Crippen LogP contribution >= 0.6 is 15.9 Å². The van der Waals surface area contributed by atoms with Crippen molar-refractivity contribution in [3.63, 3.8) is 0 Å². The van der Waals surface area contributed by atoms with Gasteiger partial charge in [-0.3, -0.25) is 4.79 Å². The first-order chi connectivity index (χ1) is 9.45. The van der Waals surface area contributed by atoms with E-state index in [2.05, 4.69) is 26.6 Å². The van der Waals surface area contributed by atoms with E-state index >= 15 is 0 Å². The van der Waals surface area contributed by atoms with Gasteiger partial charge in [0.1, 0.15) is 11.6 Å². The summed E-state index contributed by atoms with van der Waals surface area (Å²) in [4.78, 5) is 11.5. The Balaban J connectivity index is 2.39. The first-order valence-electron chi connectivity index (χ1n) is 6.58. The number of amides is 1. The second-order valence-electron chi connectivity index (χ2n) is 4.63. The van der Waals surface area contributed by atoms with Gasteiger partial charge in [-0.15, -0.1) is 0 Å². The van der Waals surface area contributed by atoms with E-state index in [-0.39, 0.29) is 35.0 Å². The molecule has 0 radical (unpaired) electrons. The van der Waals surface area contributed by atoms with Gasteiger partial charge in [0.05, 0.1) is 4.47 Å². The largest absolute Gasteiger partial charge is 0.354 e. The fourth-order valence-corrected chi connectivity index (χ4v) is 1.97. The highest BCUT2D eigenvalue weighted by atomic mass is 79.9. The molecule has 2 N–H and O–H groups in total. The third-order valence-corrected chi connectivity index (χ3v) is 3.60. The monoisotopic (exact) mass is 348 g/mol. The van der Waals surface area contributed by atoms with Gasteiger partial charge >= 0.3 is 0 Å². The van der Waals surface area contributed by atoms with Crippen LogP contribution in [0, 0.1) is 11.6 Å². The zero-order chi connectivity index (χ0) is 15.1. The zero-order valence-corrected chi connectivity index (χ0v) is 13.2. The van der Waals surface area contributed by atoms with E-state index in [0.29, 0.717) is 6.54 Å². The summed E-state index contributed by atoms with van der Waals surface area (Å²) in [6.07, 6.45) is 1.15. The molecule has 112 valence electrons. The average molecular weight is 349 g/mol. The SMILES string of the molecule is CCC(C)NC(=O)CCNCc1c(F)ccc(Br)c1F. The van der Waals surface area contributed by atoms with Crippen LogP contribution < -0.4 is 10.6 Å². The molecule has 1 unspecified atom stereocenters. The molecule has 1 rings (SSSR count). The first-order valence-corrected chi connectivity index (χ1v) is 7.37. The molecular weight excluding hydrogens is 330 g/mol. The van der Waals surface area contributed by atoms with Crippen LogP contribution in [0.1, 0.15) is 32.3 Å². The lowest BCUT2D eigenvalue weighted by Gasteiger charge is -2.12. The van der Waals surface area contributed by atoms with E-state index in [1.165, 1.54) is 12.1 Å². The number of halogens is 3. The molecule has 1 aromatic carbocycles.